The van der Waals surface area contributed by atoms with Crippen LogP contribution in [-0.4, -0.2) is 49.1 Å². The van der Waals surface area contributed by atoms with Crippen LogP contribution < -0.4 is 15.8 Å². The Hall–Kier alpha value is -1.81. The highest BCUT2D eigenvalue weighted by molar-refractivity contribution is 6.33. The minimum Gasteiger partial charge on any atom is -0.367 e. The summed E-state index contributed by atoms with van der Waals surface area (Å²) in [7, 11) is 0. The van der Waals surface area contributed by atoms with Crippen molar-refractivity contribution in [2.75, 3.05) is 31.1 Å². The van der Waals surface area contributed by atoms with Gasteiger partial charge in [0.1, 0.15) is 6.04 Å². The lowest BCUT2D eigenvalue weighted by atomic mass is 10.1. The normalized spacial score (nSPS) is 24.6. The highest BCUT2D eigenvalue weighted by Crippen LogP contribution is 2.27. The van der Waals surface area contributed by atoms with Crippen LogP contribution in [0.3, 0.4) is 0 Å². The largest absolute Gasteiger partial charge is 0.367 e. The number of nitrogens with one attached hydrogen (secondary N) is 2. The maximum absolute atomic E-state index is 12.5. The molecular weight excluding hydrogens is 314 g/mol. The van der Waals surface area contributed by atoms with Crippen molar-refractivity contribution >= 4 is 23.2 Å². The molecule has 7 heteroatoms. The van der Waals surface area contributed by atoms with E-state index in [-0.39, 0.29) is 11.9 Å². The zero-order valence-corrected chi connectivity index (χ0v) is 13.8. The van der Waals surface area contributed by atoms with Gasteiger partial charge in [-0.2, -0.15) is 5.26 Å². The number of carbonyl (C=O) groups excluding carboxylic acids is 1. The first-order valence-corrected chi connectivity index (χ1v) is 8.20. The third-order valence-corrected chi connectivity index (χ3v) is 4.70. The van der Waals surface area contributed by atoms with Crippen LogP contribution in [0, 0.1) is 11.3 Å². The number of nitriles is 1. The predicted molar refractivity (Wildman–Crippen MR) is 89.1 cm³/mol. The van der Waals surface area contributed by atoms with Gasteiger partial charge in [0.15, 0.2) is 0 Å². The number of amides is 1. The summed E-state index contributed by atoms with van der Waals surface area (Å²) in [5, 5.41) is 9.49. The number of carbonyl (C=O) groups is 1. The molecule has 0 aliphatic carbocycles. The van der Waals surface area contributed by atoms with Gasteiger partial charge < -0.3 is 9.80 Å². The second kappa shape index (κ2) is 6.75. The van der Waals surface area contributed by atoms with Gasteiger partial charge in [0.25, 0.3) is 0 Å². The van der Waals surface area contributed by atoms with Crippen molar-refractivity contribution in [1.29, 1.82) is 5.26 Å². The summed E-state index contributed by atoms with van der Waals surface area (Å²) in [6.07, 6.45) is 0.820. The Balaban J connectivity index is 1.60. The van der Waals surface area contributed by atoms with Crippen molar-refractivity contribution < 1.29 is 4.79 Å². The fourth-order valence-corrected chi connectivity index (χ4v) is 3.40. The molecule has 0 bridgehead atoms. The Bertz CT molecular complexity index is 636. The number of nitrogens with zero attached hydrogens (tertiary/aromatic N) is 3. The molecule has 1 aromatic carbocycles. The molecule has 6 nitrogen and oxygen atoms in total. The molecule has 2 fully saturated rings. The van der Waals surface area contributed by atoms with E-state index < -0.39 is 0 Å². The molecule has 23 heavy (non-hydrogen) atoms. The number of benzene rings is 1. The fraction of sp³-hybridized carbons (Fsp3) is 0.500. The fourth-order valence-electron chi connectivity index (χ4n) is 3.10. The van der Waals surface area contributed by atoms with E-state index in [1.165, 1.54) is 0 Å². The maximum Gasteiger partial charge on any atom is 0.241 e. The van der Waals surface area contributed by atoms with Gasteiger partial charge >= 0.3 is 0 Å². The van der Waals surface area contributed by atoms with Gasteiger partial charge in [0.05, 0.1) is 22.3 Å². The molecule has 2 aliphatic rings. The van der Waals surface area contributed by atoms with Crippen LogP contribution in [0.25, 0.3) is 0 Å². The zero-order valence-electron chi connectivity index (χ0n) is 13.1. The van der Waals surface area contributed by atoms with Crippen molar-refractivity contribution in [3.05, 3.63) is 28.8 Å². The van der Waals surface area contributed by atoms with Crippen LogP contribution in [0.5, 0.6) is 0 Å². The first kappa shape index (κ1) is 16.1. The van der Waals surface area contributed by atoms with Crippen LogP contribution >= 0.6 is 11.6 Å². The number of halogens is 1. The van der Waals surface area contributed by atoms with E-state index in [1.54, 1.807) is 12.1 Å². The van der Waals surface area contributed by atoms with E-state index in [0.29, 0.717) is 29.7 Å². The molecule has 2 heterocycles. The first-order chi connectivity index (χ1) is 11.1. The molecule has 0 spiro atoms. The third-order valence-electron chi connectivity index (χ3n) is 4.40. The quantitative estimate of drug-likeness (QED) is 0.848. The van der Waals surface area contributed by atoms with Gasteiger partial charge in [0, 0.05) is 32.2 Å². The summed E-state index contributed by atoms with van der Waals surface area (Å²) in [6.45, 7) is 4.91. The average Bonchev–Trinajstić information content (AvgIpc) is 3.00. The Morgan fingerprint density at radius 1 is 1.30 bits per heavy atom. The van der Waals surface area contributed by atoms with E-state index in [4.69, 9.17) is 16.9 Å². The minimum absolute atomic E-state index is 0.130. The smallest absolute Gasteiger partial charge is 0.241 e. The van der Waals surface area contributed by atoms with Crippen molar-refractivity contribution in [3.63, 3.8) is 0 Å². The number of hydrazine groups is 1. The standard InChI is InChI=1S/C16H20ClN5O/c1-11-8-14(20-19-11)16(23)22-6-4-21(5-7-22)15-3-2-12(10-18)9-13(15)17/h2-3,9,11,14,19-20H,4-8H2,1H3. The molecule has 1 aromatic rings. The number of anilines is 1. The summed E-state index contributed by atoms with van der Waals surface area (Å²) in [5.74, 6) is 0.160. The molecule has 2 unspecified atom stereocenters. The van der Waals surface area contributed by atoms with Crippen molar-refractivity contribution in [2.45, 2.75) is 25.4 Å². The zero-order chi connectivity index (χ0) is 16.4. The summed E-state index contributed by atoms with van der Waals surface area (Å²) in [5.41, 5.74) is 7.63. The molecule has 2 saturated heterocycles. The van der Waals surface area contributed by atoms with Crippen LogP contribution in [0.15, 0.2) is 18.2 Å². The maximum atomic E-state index is 12.5. The van der Waals surface area contributed by atoms with Crippen LogP contribution in [0.4, 0.5) is 5.69 Å². The number of hydrogen-bond donors (Lipinski definition) is 2. The lowest BCUT2D eigenvalue weighted by Gasteiger charge is -2.37. The van der Waals surface area contributed by atoms with Gasteiger partial charge in [0.2, 0.25) is 5.91 Å². The van der Waals surface area contributed by atoms with E-state index in [9.17, 15) is 4.79 Å². The second-order valence-electron chi connectivity index (χ2n) is 6.07. The van der Waals surface area contributed by atoms with Gasteiger partial charge in [-0.15, -0.1) is 0 Å². The third kappa shape index (κ3) is 3.42. The van der Waals surface area contributed by atoms with Crippen molar-refractivity contribution in [3.8, 4) is 6.07 Å². The molecule has 2 N–H and O–H groups in total. The molecule has 0 aromatic heterocycles. The molecule has 122 valence electrons. The van der Waals surface area contributed by atoms with Gasteiger partial charge in [-0.3, -0.25) is 10.2 Å². The topological polar surface area (TPSA) is 71.4 Å². The lowest BCUT2D eigenvalue weighted by molar-refractivity contribution is -0.133. The van der Waals surface area contributed by atoms with E-state index in [0.717, 1.165) is 25.2 Å². The van der Waals surface area contributed by atoms with Gasteiger partial charge in [-0.05, 0) is 31.5 Å². The molecule has 0 radical (unpaired) electrons. The molecule has 1 amide bonds. The molecule has 0 saturated carbocycles. The second-order valence-corrected chi connectivity index (χ2v) is 6.48. The van der Waals surface area contributed by atoms with E-state index in [2.05, 4.69) is 28.7 Å². The molecule has 2 atom stereocenters. The summed E-state index contributed by atoms with van der Waals surface area (Å²) < 4.78 is 0. The van der Waals surface area contributed by atoms with E-state index in [1.807, 2.05) is 11.0 Å². The Morgan fingerprint density at radius 2 is 2.04 bits per heavy atom. The van der Waals surface area contributed by atoms with Crippen LogP contribution in [0.1, 0.15) is 18.9 Å². The van der Waals surface area contributed by atoms with Crippen molar-refractivity contribution in [2.24, 2.45) is 0 Å². The van der Waals surface area contributed by atoms with Crippen molar-refractivity contribution in [1.82, 2.24) is 15.8 Å². The van der Waals surface area contributed by atoms with E-state index >= 15 is 0 Å². The minimum atomic E-state index is -0.130. The molecular formula is C16H20ClN5O. The summed E-state index contributed by atoms with van der Waals surface area (Å²) >= 11 is 6.27. The number of rotatable bonds is 2. The Morgan fingerprint density at radius 3 is 2.61 bits per heavy atom. The Labute approximate surface area is 141 Å². The first-order valence-electron chi connectivity index (χ1n) is 7.83. The SMILES string of the molecule is CC1CC(C(=O)N2CCN(c3ccc(C#N)cc3Cl)CC2)NN1. The van der Waals surface area contributed by atoms with Crippen LogP contribution in [-0.2, 0) is 4.79 Å². The molecule has 3 rings (SSSR count). The van der Waals surface area contributed by atoms with Gasteiger partial charge in [-0.1, -0.05) is 11.6 Å². The highest BCUT2D eigenvalue weighted by Gasteiger charge is 2.32. The summed E-state index contributed by atoms with van der Waals surface area (Å²) in [6, 6.07) is 7.61. The number of piperazine rings is 1. The van der Waals surface area contributed by atoms with Crippen LogP contribution in [0.2, 0.25) is 5.02 Å². The highest BCUT2D eigenvalue weighted by atomic mass is 35.5. The predicted octanol–water partition coefficient (Wildman–Crippen LogP) is 1.12. The Kier molecular flexibility index (Phi) is 4.71. The monoisotopic (exact) mass is 333 g/mol. The molecule has 2 aliphatic heterocycles. The average molecular weight is 334 g/mol. The number of hydrogen-bond acceptors (Lipinski definition) is 5. The summed E-state index contributed by atoms with van der Waals surface area (Å²) in [4.78, 5) is 16.6. The van der Waals surface area contributed by atoms with Gasteiger partial charge in [-0.25, -0.2) is 5.43 Å². The lowest BCUT2D eigenvalue weighted by Crippen LogP contribution is -2.53.